The molecule has 0 aromatic carbocycles. The molecule has 0 aliphatic carbocycles. The van der Waals surface area contributed by atoms with Crippen LogP contribution in [0.2, 0.25) is 0 Å². The van der Waals surface area contributed by atoms with Gasteiger partial charge in [-0.15, -0.1) is 22.7 Å². The average molecular weight is 209 g/mol. The molecule has 0 atom stereocenters. The minimum Gasteiger partial charge on any atom is -0.330 e. The van der Waals surface area contributed by atoms with E-state index >= 15 is 0 Å². The van der Waals surface area contributed by atoms with Gasteiger partial charge in [-0.05, 0) is 35.9 Å². The maximum atomic E-state index is 5.55. The van der Waals surface area contributed by atoms with E-state index in [4.69, 9.17) is 5.73 Å². The molecule has 0 amide bonds. The van der Waals surface area contributed by atoms with Gasteiger partial charge in [-0.3, -0.25) is 0 Å². The molecular weight excluding hydrogens is 198 g/mol. The predicted octanol–water partition coefficient (Wildman–Crippen LogP) is 2.98. The van der Waals surface area contributed by atoms with Crippen LogP contribution in [-0.2, 0) is 6.42 Å². The maximum Gasteiger partial charge on any atom is 0.0353 e. The van der Waals surface area contributed by atoms with Crippen molar-refractivity contribution in [3.05, 3.63) is 33.8 Å². The van der Waals surface area contributed by atoms with Crippen molar-refractivity contribution in [3.63, 3.8) is 0 Å². The van der Waals surface area contributed by atoms with Gasteiger partial charge in [0, 0.05) is 15.3 Å². The van der Waals surface area contributed by atoms with Crippen molar-refractivity contribution in [2.24, 2.45) is 5.73 Å². The van der Waals surface area contributed by atoms with Gasteiger partial charge >= 0.3 is 0 Å². The Labute approximate surface area is 85.8 Å². The minimum absolute atomic E-state index is 0.735. The van der Waals surface area contributed by atoms with Gasteiger partial charge < -0.3 is 5.73 Å². The first-order valence-corrected chi connectivity index (χ1v) is 5.98. The molecule has 0 aliphatic rings. The molecule has 3 heteroatoms. The zero-order chi connectivity index (χ0) is 9.10. The molecule has 0 spiro atoms. The van der Waals surface area contributed by atoms with E-state index in [2.05, 4.69) is 29.0 Å². The van der Waals surface area contributed by atoms with Crippen LogP contribution in [0, 0.1) is 0 Å². The fourth-order valence-corrected chi connectivity index (χ4v) is 3.07. The van der Waals surface area contributed by atoms with Crippen molar-refractivity contribution in [1.82, 2.24) is 0 Å². The fraction of sp³-hybridized carbons (Fsp3) is 0.200. The van der Waals surface area contributed by atoms with Crippen molar-refractivity contribution >= 4 is 22.7 Å². The summed E-state index contributed by atoms with van der Waals surface area (Å²) in [4.78, 5) is 2.76. The van der Waals surface area contributed by atoms with Gasteiger partial charge in [0.1, 0.15) is 0 Å². The second-order valence-corrected chi connectivity index (χ2v) is 4.72. The Kier molecular flexibility index (Phi) is 2.78. The van der Waals surface area contributed by atoms with Crippen molar-refractivity contribution in [2.45, 2.75) is 6.42 Å². The van der Waals surface area contributed by atoms with E-state index in [0.717, 1.165) is 13.0 Å². The molecule has 0 radical (unpaired) electrons. The second kappa shape index (κ2) is 4.05. The summed E-state index contributed by atoms with van der Waals surface area (Å²) in [5.74, 6) is 0. The molecule has 0 unspecified atom stereocenters. The lowest BCUT2D eigenvalue weighted by molar-refractivity contribution is 0.990. The number of rotatable bonds is 3. The zero-order valence-electron chi connectivity index (χ0n) is 7.19. The van der Waals surface area contributed by atoms with Crippen LogP contribution >= 0.6 is 22.7 Å². The first-order chi connectivity index (χ1) is 6.42. The summed E-state index contributed by atoms with van der Waals surface area (Å²) in [5, 5.41) is 4.25. The molecule has 0 saturated heterocycles. The molecule has 0 bridgehead atoms. The van der Waals surface area contributed by atoms with E-state index in [1.165, 1.54) is 15.3 Å². The third kappa shape index (κ3) is 1.82. The summed E-state index contributed by atoms with van der Waals surface area (Å²) in [6.45, 7) is 0.735. The topological polar surface area (TPSA) is 26.0 Å². The monoisotopic (exact) mass is 209 g/mol. The highest BCUT2D eigenvalue weighted by molar-refractivity contribution is 7.14. The van der Waals surface area contributed by atoms with Gasteiger partial charge in [-0.2, -0.15) is 0 Å². The predicted molar refractivity (Wildman–Crippen MR) is 60.4 cm³/mol. The number of hydrogen-bond donors (Lipinski definition) is 1. The maximum absolute atomic E-state index is 5.55. The standard InChI is InChI=1S/C10H11NS2/c11-5-3-10-8(4-7-13-10)9-2-1-6-12-9/h1-2,4,6-7H,3,5,11H2. The van der Waals surface area contributed by atoms with Crippen LogP contribution in [0.3, 0.4) is 0 Å². The zero-order valence-corrected chi connectivity index (χ0v) is 8.83. The summed E-state index contributed by atoms with van der Waals surface area (Å²) >= 11 is 3.59. The highest BCUT2D eigenvalue weighted by atomic mass is 32.1. The summed E-state index contributed by atoms with van der Waals surface area (Å²) in [6, 6.07) is 6.43. The first kappa shape index (κ1) is 8.94. The van der Waals surface area contributed by atoms with E-state index < -0.39 is 0 Å². The fourth-order valence-electron chi connectivity index (χ4n) is 1.32. The third-order valence-electron chi connectivity index (χ3n) is 1.90. The SMILES string of the molecule is NCCc1sccc1-c1cccs1. The Balaban J connectivity index is 2.35. The number of hydrogen-bond acceptors (Lipinski definition) is 3. The average Bonchev–Trinajstić information content (AvgIpc) is 2.71. The largest absolute Gasteiger partial charge is 0.330 e. The van der Waals surface area contributed by atoms with Gasteiger partial charge in [-0.1, -0.05) is 6.07 Å². The van der Waals surface area contributed by atoms with E-state index in [9.17, 15) is 0 Å². The molecular formula is C10H11NS2. The Morgan fingerprint density at radius 1 is 1.15 bits per heavy atom. The summed E-state index contributed by atoms with van der Waals surface area (Å²) in [5.41, 5.74) is 6.92. The van der Waals surface area contributed by atoms with E-state index in [1.807, 2.05) is 0 Å². The Bertz CT molecular complexity index is 362. The molecule has 2 aromatic rings. The summed E-state index contributed by atoms with van der Waals surface area (Å²) in [7, 11) is 0. The smallest absolute Gasteiger partial charge is 0.0353 e. The van der Waals surface area contributed by atoms with E-state index in [0.29, 0.717) is 0 Å². The highest BCUT2D eigenvalue weighted by Gasteiger charge is 2.05. The van der Waals surface area contributed by atoms with Crippen LogP contribution in [0.25, 0.3) is 10.4 Å². The molecule has 13 heavy (non-hydrogen) atoms. The summed E-state index contributed by atoms with van der Waals surface area (Å²) in [6.07, 6.45) is 0.991. The van der Waals surface area contributed by atoms with Crippen LogP contribution in [-0.4, -0.2) is 6.54 Å². The van der Waals surface area contributed by atoms with Gasteiger partial charge in [0.25, 0.3) is 0 Å². The molecule has 2 N–H and O–H groups in total. The van der Waals surface area contributed by atoms with Crippen LogP contribution in [0.15, 0.2) is 29.0 Å². The molecule has 0 aliphatic heterocycles. The minimum atomic E-state index is 0.735. The van der Waals surface area contributed by atoms with Gasteiger partial charge in [0.2, 0.25) is 0 Å². The summed E-state index contributed by atoms with van der Waals surface area (Å²) < 4.78 is 0. The molecule has 2 aromatic heterocycles. The van der Waals surface area contributed by atoms with Gasteiger partial charge in [0.15, 0.2) is 0 Å². The van der Waals surface area contributed by atoms with Crippen LogP contribution in [0.4, 0.5) is 0 Å². The lowest BCUT2D eigenvalue weighted by Crippen LogP contribution is -2.01. The van der Waals surface area contributed by atoms with Gasteiger partial charge in [0.05, 0.1) is 0 Å². The Hall–Kier alpha value is -0.640. The number of nitrogens with two attached hydrogens (primary N) is 1. The van der Waals surface area contributed by atoms with Crippen molar-refractivity contribution in [3.8, 4) is 10.4 Å². The molecule has 0 fully saturated rings. The van der Waals surface area contributed by atoms with Gasteiger partial charge in [-0.25, -0.2) is 0 Å². The second-order valence-electron chi connectivity index (χ2n) is 2.77. The molecule has 0 saturated carbocycles. The highest BCUT2D eigenvalue weighted by Crippen LogP contribution is 2.31. The Morgan fingerprint density at radius 3 is 2.77 bits per heavy atom. The van der Waals surface area contributed by atoms with E-state index in [1.54, 1.807) is 22.7 Å². The normalized spacial score (nSPS) is 10.5. The van der Waals surface area contributed by atoms with E-state index in [-0.39, 0.29) is 0 Å². The first-order valence-electron chi connectivity index (χ1n) is 4.22. The molecule has 1 nitrogen and oxygen atoms in total. The van der Waals surface area contributed by atoms with Crippen LogP contribution in [0.5, 0.6) is 0 Å². The third-order valence-corrected chi connectivity index (χ3v) is 3.79. The lowest BCUT2D eigenvalue weighted by Gasteiger charge is -1.98. The molecule has 68 valence electrons. The van der Waals surface area contributed by atoms with Crippen LogP contribution in [0.1, 0.15) is 4.88 Å². The number of thiophene rings is 2. The quantitative estimate of drug-likeness (QED) is 0.826. The molecule has 2 rings (SSSR count). The van der Waals surface area contributed by atoms with Crippen molar-refractivity contribution in [1.29, 1.82) is 0 Å². The van der Waals surface area contributed by atoms with Crippen LogP contribution < -0.4 is 5.73 Å². The molecule has 2 heterocycles. The van der Waals surface area contributed by atoms with Crippen molar-refractivity contribution < 1.29 is 0 Å². The Morgan fingerprint density at radius 2 is 2.08 bits per heavy atom. The lowest BCUT2D eigenvalue weighted by atomic mass is 10.2. The van der Waals surface area contributed by atoms with Crippen molar-refractivity contribution in [2.75, 3.05) is 6.54 Å².